The Hall–Kier alpha value is -0.830. The third kappa shape index (κ3) is 9.26. The molecule has 0 aliphatic carbocycles. The first kappa shape index (κ1) is 15.6. The van der Waals surface area contributed by atoms with Crippen LogP contribution in [-0.4, -0.2) is 39.6 Å². The van der Waals surface area contributed by atoms with E-state index in [1.165, 1.54) is 6.92 Å². The van der Waals surface area contributed by atoms with Crippen LogP contribution in [0.15, 0.2) is 0 Å². The SMILES string of the molecule is C[C@H](N)C(=O)O.NC(S)[C@H](N)C(=O)O. The van der Waals surface area contributed by atoms with Crippen molar-refractivity contribution < 1.29 is 19.8 Å². The summed E-state index contributed by atoms with van der Waals surface area (Å²) < 4.78 is 0. The number of carboxylic acids is 2. The Labute approximate surface area is 86.7 Å². The van der Waals surface area contributed by atoms with Gasteiger partial charge in [0.2, 0.25) is 0 Å². The summed E-state index contributed by atoms with van der Waals surface area (Å²) in [6.45, 7) is 1.42. The summed E-state index contributed by atoms with van der Waals surface area (Å²) in [5.41, 5.74) is 14.8. The Morgan fingerprint density at radius 3 is 1.43 bits per heavy atom. The zero-order valence-electron chi connectivity index (χ0n) is 7.62. The van der Waals surface area contributed by atoms with Gasteiger partial charge in [-0.2, -0.15) is 12.6 Å². The van der Waals surface area contributed by atoms with E-state index in [-0.39, 0.29) is 0 Å². The molecule has 0 spiro atoms. The van der Waals surface area contributed by atoms with Crippen LogP contribution in [0.25, 0.3) is 0 Å². The zero-order chi connectivity index (χ0) is 11.9. The van der Waals surface area contributed by atoms with Gasteiger partial charge in [0.15, 0.2) is 0 Å². The molecule has 7 nitrogen and oxygen atoms in total. The van der Waals surface area contributed by atoms with Gasteiger partial charge >= 0.3 is 11.9 Å². The molecule has 8 N–H and O–H groups in total. The molecular formula is C6H15N3O4S. The van der Waals surface area contributed by atoms with Crippen LogP contribution in [0.5, 0.6) is 0 Å². The van der Waals surface area contributed by atoms with Gasteiger partial charge in [-0.05, 0) is 6.92 Å². The van der Waals surface area contributed by atoms with Crippen molar-refractivity contribution in [2.24, 2.45) is 17.2 Å². The van der Waals surface area contributed by atoms with E-state index in [4.69, 9.17) is 27.4 Å². The summed E-state index contributed by atoms with van der Waals surface area (Å²) >= 11 is 3.60. The molecule has 0 heterocycles. The van der Waals surface area contributed by atoms with Gasteiger partial charge in [-0.3, -0.25) is 9.59 Å². The predicted octanol–water partition coefficient (Wildman–Crippen LogP) is -1.97. The van der Waals surface area contributed by atoms with E-state index in [0.717, 1.165) is 0 Å². The maximum atomic E-state index is 9.89. The maximum Gasteiger partial charge on any atom is 0.322 e. The van der Waals surface area contributed by atoms with Gasteiger partial charge in [-0.25, -0.2) is 0 Å². The predicted molar refractivity (Wildman–Crippen MR) is 53.9 cm³/mol. The molecule has 0 radical (unpaired) electrons. The highest BCUT2D eigenvalue weighted by Crippen LogP contribution is 1.89. The number of carbonyl (C=O) groups is 2. The molecule has 84 valence electrons. The fourth-order valence-electron chi connectivity index (χ4n) is 0.146. The lowest BCUT2D eigenvalue weighted by Gasteiger charge is -2.07. The molecule has 0 rings (SSSR count). The number of carboxylic acid groups (broad SMARTS) is 2. The molecule has 0 bridgehead atoms. The third-order valence-electron chi connectivity index (χ3n) is 1.04. The van der Waals surface area contributed by atoms with Crippen molar-refractivity contribution in [2.75, 3.05) is 0 Å². The number of thiol groups is 1. The van der Waals surface area contributed by atoms with Crippen molar-refractivity contribution in [1.82, 2.24) is 0 Å². The molecule has 0 aromatic heterocycles. The number of nitrogens with two attached hydrogens (primary N) is 3. The molecule has 0 aliphatic rings. The van der Waals surface area contributed by atoms with Gasteiger partial charge in [0.25, 0.3) is 0 Å². The highest BCUT2D eigenvalue weighted by Gasteiger charge is 2.15. The van der Waals surface area contributed by atoms with Gasteiger partial charge in [0.05, 0.1) is 5.37 Å². The van der Waals surface area contributed by atoms with Gasteiger partial charge in [-0.1, -0.05) is 0 Å². The Morgan fingerprint density at radius 1 is 1.14 bits per heavy atom. The number of hydrogen-bond donors (Lipinski definition) is 6. The fraction of sp³-hybridized carbons (Fsp3) is 0.667. The van der Waals surface area contributed by atoms with Crippen molar-refractivity contribution >= 4 is 24.6 Å². The highest BCUT2D eigenvalue weighted by molar-refractivity contribution is 7.81. The molecule has 3 atom stereocenters. The van der Waals surface area contributed by atoms with Crippen molar-refractivity contribution in [2.45, 2.75) is 24.4 Å². The lowest BCUT2D eigenvalue weighted by Crippen LogP contribution is -2.43. The summed E-state index contributed by atoms with van der Waals surface area (Å²) in [4.78, 5) is 19.5. The van der Waals surface area contributed by atoms with E-state index in [0.29, 0.717) is 0 Å². The Morgan fingerprint density at radius 2 is 1.43 bits per heavy atom. The number of rotatable bonds is 3. The minimum atomic E-state index is -1.13. The summed E-state index contributed by atoms with van der Waals surface area (Å²) in [6.07, 6.45) is 0. The molecule has 0 aromatic carbocycles. The Bertz CT molecular complexity index is 198. The van der Waals surface area contributed by atoms with Crippen LogP contribution in [0.1, 0.15) is 6.92 Å². The largest absolute Gasteiger partial charge is 0.480 e. The molecule has 0 aliphatic heterocycles. The Kier molecular flexibility index (Phi) is 8.44. The second kappa shape index (κ2) is 7.56. The van der Waals surface area contributed by atoms with E-state index in [1.807, 2.05) is 0 Å². The second-order valence-corrected chi connectivity index (χ2v) is 3.08. The molecule has 0 saturated carbocycles. The molecule has 0 fully saturated rings. The smallest absolute Gasteiger partial charge is 0.322 e. The Balaban J connectivity index is 0. The molecular weight excluding hydrogens is 210 g/mol. The quantitative estimate of drug-likeness (QED) is 0.240. The standard InChI is InChI=1S/C3H8N2O2S.C3H7NO2/c4-1(2(5)8)3(6)7;1-2(4)3(5)6/h1-2,8H,4-5H2,(H,6,7);2H,4H2,1H3,(H,5,6)/t1-,2?;2-/m00/s1. The fourth-order valence-corrected chi connectivity index (χ4v) is 0.274. The summed E-state index contributed by atoms with van der Waals surface area (Å²) in [6, 6.07) is -1.80. The van der Waals surface area contributed by atoms with Gasteiger partial charge in [-0.15, -0.1) is 0 Å². The summed E-state index contributed by atoms with van der Waals surface area (Å²) in [5.74, 6) is -2.09. The normalized spacial score (nSPS) is 15.8. The first-order valence-electron chi connectivity index (χ1n) is 3.60. The van der Waals surface area contributed by atoms with E-state index < -0.39 is 29.4 Å². The summed E-state index contributed by atoms with van der Waals surface area (Å²) in [5, 5.41) is 15.2. The minimum Gasteiger partial charge on any atom is -0.480 e. The first-order chi connectivity index (χ1) is 6.20. The second-order valence-electron chi connectivity index (χ2n) is 2.48. The van der Waals surface area contributed by atoms with Gasteiger partial charge in [0, 0.05) is 0 Å². The van der Waals surface area contributed by atoms with Crippen LogP contribution in [0, 0.1) is 0 Å². The maximum absolute atomic E-state index is 9.89. The van der Waals surface area contributed by atoms with Crippen LogP contribution in [0.3, 0.4) is 0 Å². The zero-order valence-corrected chi connectivity index (χ0v) is 8.52. The van der Waals surface area contributed by atoms with Gasteiger partial charge < -0.3 is 27.4 Å². The lowest BCUT2D eigenvalue weighted by molar-refractivity contribution is -0.139. The first-order valence-corrected chi connectivity index (χ1v) is 4.12. The topological polar surface area (TPSA) is 153 Å². The van der Waals surface area contributed by atoms with Crippen molar-refractivity contribution in [3.8, 4) is 0 Å². The molecule has 1 unspecified atom stereocenters. The van der Waals surface area contributed by atoms with Gasteiger partial charge in [0.1, 0.15) is 12.1 Å². The molecule has 14 heavy (non-hydrogen) atoms. The average Bonchev–Trinajstić information content (AvgIpc) is 2.03. The molecule has 0 saturated heterocycles. The van der Waals surface area contributed by atoms with E-state index in [9.17, 15) is 9.59 Å². The lowest BCUT2D eigenvalue weighted by atomic mass is 10.3. The third-order valence-corrected chi connectivity index (χ3v) is 1.36. The molecule has 0 aromatic rings. The van der Waals surface area contributed by atoms with Crippen LogP contribution < -0.4 is 17.2 Å². The molecule has 8 heteroatoms. The van der Waals surface area contributed by atoms with Crippen molar-refractivity contribution in [3.05, 3.63) is 0 Å². The van der Waals surface area contributed by atoms with Crippen LogP contribution in [-0.2, 0) is 9.59 Å². The number of hydrogen-bond acceptors (Lipinski definition) is 6. The minimum absolute atomic E-state index is 0.731. The van der Waals surface area contributed by atoms with Crippen molar-refractivity contribution in [3.63, 3.8) is 0 Å². The summed E-state index contributed by atoms with van der Waals surface area (Å²) in [7, 11) is 0. The van der Waals surface area contributed by atoms with E-state index in [1.54, 1.807) is 0 Å². The van der Waals surface area contributed by atoms with Crippen LogP contribution in [0.4, 0.5) is 0 Å². The van der Waals surface area contributed by atoms with Crippen LogP contribution >= 0.6 is 12.6 Å². The van der Waals surface area contributed by atoms with Crippen LogP contribution in [0.2, 0.25) is 0 Å². The number of aliphatic carboxylic acids is 2. The highest BCUT2D eigenvalue weighted by atomic mass is 32.1. The average molecular weight is 225 g/mol. The monoisotopic (exact) mass is 225 g/mol. The molecule has 0 amide bonds. The van der Waals surface area contributed by atoms with Crippen molar-refractivity contribution in [1.29, 1.82) is 0 Å². The van der Waals surface area contributed by atoms with E-state index in [2.05, 4.69) is 12.6 Å². The van der Waals surface area contributed by atoms with E-state index >= 15 is 0 Å².